The van der Waals surface area contributed by atoms with Crippen LogP contribution in [0.15, 0.2) is 28.7 Å². The summed E-state index contributed by atoms with van der Waals surface area (Å²) in [6.07, 6.45) is 4.09. The van der Waals surface area contributed by atoms with Crippen LogP contribution >= 0.6 is 15.9 Å². The molecule has 0 saturated heterocycles. The highest BCUT2D eigenvalue weighted by Gasteiger charge is 2.14. The fraction of sp³-hybridized carbons (Fsp3) is 0.250. The highest BCUT2D eigenvalue weighted by atomic mass is 79.9. The van der Waals surface area contributed by atoms with Gasteiger partial charge in [-0.05, 0) is 41.7 Å². The monoisotopic (exact) mass is 266 g/mol. The highest BCUT2D eigenvalue weighted by Crippen LogP contribution is 2.30. The van der Waals surface area contributed by atoms with E-state index in [2.05, 4.69) is 22.0 Å². The van der Waals surface area contributed by atoms with Crippen molar-refractivity contribution in [2.75, 3.05) is 0 Å². The van der Waals surface area contributed by atoms with Gasteiger partial charge in [0.1, 0.15) is 0 Å². The molecular formula is C12H11BrO2. The molecule has 1 aromatic carbocycles. The zero-order chi connectivity index (χ0) is 10.8. The molecule has 15 heavy (non-hydrogen) atoms. The van der Waals surface area contributed by atoms with Crippen LogP contribution in [0.5, 0.6) is 0 Å². The Hall–Kier alpha value is -1.09. The lowest BCUT2D eigenvalue weighted by atomic mass is 9.89. The third-order valence-corrected chi connectivity index (χ3v) is 3.06. The van der Waals surface area contributed by atoms with Crippen LogP contribution in [0.2, 0.25) is 0 Å². The summed E-state index contributed by atoms with van der Waals surface area (Å²) in [5, 5.41) is 8.81. The van der Waals surface area contributed by atoms with Gasteiger partial charge in [-0.15, -0.1) is 0 Å². The van der Waals surface area contributed by atoms with E-state index < -0.39 is 5.97 Å². The number of aliphatic carboxylic acids is 1. The number of rotatable bonds is 2. The summed E-state index contributed by atoms with van der Waals surface area (Å²) in [7, 11) is 0. The quantitative estimate of drug-likeness (QED) is 0.893. The van der Waals surface area contributed by atoms with Gasteiger partial charge in [-0.25, -0.2) is 0 Å². The van der Waals surface area contributed by atoms with Crippen LogP contribution in [0.25, 0.3) is 5.57 Å². The molecule has 2 nitrogen and oxygen atoms in total. The van der Waals surface area contributed by atoms with E-state index in [0.717, 1.165) is 28.5 Å². The Morgan fingerprint density at radius 1 is 1.47 bits per heavy atom. The lowest BCUT2D eigenvalue weighted by molar-refractivity contribution is -0.135. The lowest BCUT2D eigenvalue weighted by Gasteiger charge is -2.16. The van der Waals surface area contributed by atoms with Gasteiger partial charge >= 0.3 is 5.97 Å². The van der Waals surface area contributed by atoms with E-state index in [1.54, 1.807) is 0 Å². The fourth-order valence-electron chi connectivity index (χ4n) is 1.91. The Morgan fingerprint density at radius 2 is 2.27 bits per heavy atom. The molecule has 1 aliphatic rings. The molecule has 1 N–H and O–H groups in total. The van der Waals surface area contributed by atoms with Crippen molar-refractivity contribution in [3.05, 3.63) is 39.9 Å². The molecule has 2 rings (SSSR count). The van der Waals surface area contributed by atoms with Crippen molar-refractivity contribution in [2.45, 2.75) is 19.3 Å². The van der Waals surface area contributed by atoms with Gasteiger partial charge in [0, 0.05) is 4.47 Å². The highest BCUT2D eigenvalue weighted by molar-refractivity contribution is 9.10. The number of halogens is 1. The second kappa shape index (κ2) is 4.19. The molecule has 1 aliphatic carbocycles. The normalized spacial score (nSPS) is 14.3. The van der Waals surface area contributed by atoms with E-state index in [-0.39, 0.29) is 6.42 Å². The standard InChI is InChI=1S/C12H11BrO2/c13-10-5-4-8-2-1-3-9(6-12(14)15)11(8)7-10/h3-5,7H,1-2,6H2,(H,14,15). The van der Waals surface area contributed by atoms with Crippen molar-refractivity contribution in [2.24, 2.45) is 0 Å². The fourth-order valence-corrected chi connectivity index (χ4v) is 2.27. The van der Waals surface area contributed by atoms with Crippen LogP contribution in [-0.4, -0.2) is 11.1 Å². The van der Waals surface area contributed by atoms with Gasteiger partial charge in [-0.3, -0.25) is 4.79 Å². The summed E-state index contributed by atoms with van der Waals surface area (Å²) in [6.45, 7) is 0. The molecule has 0 amide bonds. The van der Waals surface area contributed by atoms with Gasteiger partial charge in [0.15, 0.2) is 0 Å². The van der Waals surface area contributed by atoms with E-state index >= 15 is 0 Å². The van der Waals surface area contributed by atoms with Crippen molar-refractivity contribution < 1.29 is 9.90 Å². The zero-order valence-corrected chi connectivity index (χ0v) is 9.75. The van der Waals surface area contributed by atoms with Crippen molar-refractivity contribution in [3.8, 4) is 0 Å². The first-order valence-corrected chi connectivity index (χ1v) is 5.66. The number of aryl methyl sites for hydroxylation is 1. The van der Waals surface area contributed by atoms with E-state index in [4.69, 9.17) is 5.11 Å². The molecule has 78 valence electrons. The van der Waals surface area contributed by atoms with Gasteiger partial charge in [0.05, 0.1) is 6.42 Å². The molecule has 0 radical (unpaired) electrons. The number of hydrogen-bond acceptors (Lipinski definition) is 1. The Kier molecular flexibility index (Phi) is 2.91. The second-order valence-corrected chi connectivity index (χ2v) is 4.56. The van der Waals surface area contributed by atoms with Gasteiger partial charge in [-0.2, -0.15) is 0 Å². The number of fused-ring (bicyclic) bond motifs is 1. The molecule has 0 heterocycles. The number of carboxylic acid groups (broad SMARTS) is 1. The summed E-state index contributed by atoms with van der Waals surface area (Å²) in [6, 6.07) is 6.07. The Labute approximate surface area is 96.7 Å². The van der Waals surface area contributed by atoms with Crippen LogP contribution < -0.4 is 0 Å². The van der Waals surface area contributed by atoms with Gasteiger partial charge < -0.3 is 5.11 Å². The molecule has 0 aromatic heterocycles. The van der Waals surface area contributed by atoms with Crippen LogP contribution in [0, 0.1) is 0 Å². The zero-order valence-electron chi connectivity index (χ0n) is 8.16. The largest absolute Gasteiger partial charge is 0.481 e. The summed E-state index contributed by atoms with van der Waals surface area (Å²) >= 11 is 3.41. The van der Waals surface area contributed by atoms with Gasteiger partial charge in [0.25, 0.3) is 0 Å². The molecule has 0 aliphatic heterocycles. The Morgan fingerprint density at radius 3 is 3.00 bits per heavy atom. The van der Waals surface area contributed by atoms with Gasteiger partial charge in [0.2, 0.25) is 0 Å². The molecule has 0 bridgehead atoms. The SMILES string of the molecule is O=C(O)CC1=CCCc2ccc(Br)cc21. The third kappa shape index (κ3) is 2.29. The molecular weight excluding hydrogens is 256 g/mol. The number of allylic oxidation sites excluding steroid dienone is 1. The van der Waals surface area contributed by atoms with E-state index in [1.807, 2.05) is 18.2 Å². The number of hydrogen-bond donors (Lipinski definition) is 1. The number of carbonyl (C=O) groups is 1. The van der Waals surface area contributed by atoms with E-state index in [1.165, 1.54) is 5.56 Å². The van der Waals surface area contributed by atoms with Crippen LogP contribution in [-0.2, 0) is 11.2 Å². The van der Waals surface area contributed by atoms with E-state index in [0.29, 0.717) is 0 Å². The summed E-state index contributed by atoms with van der Waals surface area (Å²) in [5.41, 5.74) is 3.26. The molecule has 0 spiro atoms. The maximum atomic E-state index is 10.7. The first kappa shape index (κ1) is 10.4. The minimum atomic E-state index is -0.769. The van der Waals surface area contributed by atoms with Crippen molar-refractivity contribution >= 4 is 27.5 Å². The topological polar surface area (TPSA) is 37.3 Å². The predicted octanol–water partition coefficient (Wildman–Crippen LogP) is 3.25. The molecule has 1 aromatic rings. The van der Waals surface area contributed by atoms with Crippen LogP contribution in [0.1, 0.15) is 24.0 Å². The minimum Gasteiger partial charge on any atom is -0.481 e. The molecule has 0 atom stereocenters. The van der Waals surface area contributed by atoms with E-state index in [9.17, 15) is 4.79 Å². The average Bonchev–Trinajstić information content (AvgIpc) is 2.18. The maximum Gasteiger partial charge on any atom is 0.307 e. The minimum absolute atomic E-state index is 0.115. The smallest absolute Gasteiger partial charge is 0.307 e. The second-order valence-electron chi connectivity index (χ2n) is 3.64. The summed E-state index contributed by atoms with van der Waals surface area (Å²) in [4.78, 5) is 10.7. The molecule has 3 heteroatoms. The van der Waals surface area contributed by atoms with Crippen molar-refractivity contribution in [1.82, 2.24) is 0 Å². The van der Waals surface area contributed by atoms with Crippen molar-refractivity contribution in [3.63, 3.8) is 0 Å². The first-order chi connectivity index (χ1) is 7.16. The Balaban J connectivity index is 2.40. The Bertz CT molecular complexity index is 435. The van der Waals surface area contributed by atoms with Crippen LogP contribution in [0.4, 0.5) is 0 Å². The first-order valence-electron chi connectivity index (χ1n) is 4.86. The maximum absolute atomic E-state index is 10.7. The van der Waals surface area contributed by atoms with Crippen molar-refractivity contribution in [1.29, 1.82) is 0 Å². The third-order valence-electron chi connectivity index (χ3n) is 2.56. The predicted molar refractivity (Wildman–Crippen MR) is 62.7 cm³/mol. The molecule has 0 unspecified atom stereocenters. The summed E-state index contributed by atoms with van der Waals surface area (Å²) in [5.74, 6) is -0.769. The lowest BCUT2D eigenvalue weighted by Crippen LogP contribution is -2.04. The molecule has 0 fully saturated rings. The molecule has 0 saturated carbocycles. The van der Waals surface area contributed by atoms with Crippen LogP contribution in [0.3, 0.4) is 0 Å². The number of benzene rings is 1. The number of carboxylic acids is 1. The average molecular weight is 267 g/mol. The summed E-state index contributed by atoms with van der Waals surface area (Å²) < 4.78 is 0.999. The van der Waals surface area contributed by atoms with Gasteiger partial charge in [-0.1, -0.05) is 28.1 Å².